The molecule has 29 heavy (non-hydrogen) atoms. The number of carbonyl (C=O) groups is 1. The van der Waals surface area contributed by atoms with Crippen LogP contribution in [0.5, 0.6) is 0 Å². The van der Waals surface area contributed by atoms with Gasteiger partial charge in [-0.15, -0.1) is 0 Å². The van der Waals surface area contributed by atoms with Gasteiger partial charge >= 0.3 is 5.69 Å². The maximum atomic E-state index is 13.1. The van der Waals surface area contributed by atoms with Crippen LogP contribution in [0.1, 0.15) is 12.5 Å². The molecule has 3 aromatic rings. The van der Waals surface area contributed by atoms with Crippen LogP contribution in [0, 0.1) is 12.8 Å². The van der Waals surface area contributed by atoms with Crippen molar-refractivity contribution in [2.24, 2.45) is 18.8 Å². The lowest BCUT2D eigenvalue weighted by Crippen LogP contribution is -2.45. The van der Waals surface area contributed by atoms with Gasteiger partial charge in [-0.3, -0.25) is 19.6 Å². The fourth-order valence-corrected chi connectivity index (χ4v) is 3.78. The summed E-state index contributed by atoms with van der Waals surface area (Å²) in [4.78, 5) is 44.2. The maximum Gasteiger partial charge on any atom is 0.332 e. The molecule has 2 aromatic heterocycles. The summed E-state index contributed by atoms with van der Waals surface area (Å²) in [6.45, 7) is 5.00. The molecule has 1 aromatic carbocycles. The molecule has 1 aliphatic rings. The average Bonchev–Trinajstić information content (AvgIpc) is 3.09. The van der Waals surface area contributed by atoms with E-state index >= 15 is 0 Å². The third kappa shape index (κ3) is 3.01. The smallest absolute Gasteiger partial charge is 0.312 e. The van der Waals surface area contributed by atoms with Gasteiger partial charge < -0.3 is 9.47 Å². The van der Waals surface area contributed by atoms with Crippen LogP contribution in [0.2, 0.25) is 0 Å². The number of hydrogen-bond acceptors (Lipinski definition) is 6. The van der Waals surface area contributed by atoms with Crippen molar-refractivity contribution in [3.63, 3.8) is 0 Å². The SMILES string of the molecule is Cc1ccc(N2C[C@H](C)Cn3c2nc2c3c(=O)n(CC(=O)NN)c(=O)n2C)cc1. The molecule has 0 unspecified atom stereocenters. The third-order valence-corrected chi connectivity index (χ3v) is 5.25. The largest absolute Gasteiger partial charge is 0.332 e. The van der Waals surface area contributed by atoms with Gasteiger partial charge in [-0.2, -0.15) is 4.98 Å². The lowest BCUT2D eigenvalue weighted by Gasteiger charge is -2.33. The summed E-state index contributed by atoms with van der Waals surface area (Å²) < 4.78 is 4.01. The van der Waals surface area contributed by atoms with E-state index in [1.807, 2.05) is 41.2 Å². The zero-order valence-corrected chi connectivity index (χ0v) is 16.5. The number of fused-ring (bicyclic) bond motifs is 3. The second-order valence-electron chi connectivity index (χ2n) is 7.55. The number of aromatic nitrogens is 4. The van der Waals surface area contributed by atoms with Crippen LogP contribution < -0.4 is 27.4 Å². The second kappa shape index (κ2) is 6.89. The van der Waals surface area contributed by atoms with E-state index in [0.29, 0.717) is 23.7 Å². The van der Waals surface area contributed by atoms with E-state index in [-0.39, 0.29) is 5.92 Å². The first-order valence-electron chi connectivity index (χ1n) is 9.35. The molecule has 0 radical (unpaired) electrons. The average molecular weight is 397 g/mol. The normalized spacial score (nSPS) is 16.1. The number of nitrogens with zero attached hydrogens (tertiary/aromatic N) is 5. The number of rotatable bonds is 3. The molecule has 10 heteroatoms. The molecule has 1 aliphatic heterocycles. The van der Waals surface area contributed by atoms with Crippen LogP contribution in [0.3, 0.4) is 0 Å². The van der Waals surface area contributed by atoms with Crippen molar-refractivity contribution in [2.75, 3.05) is 11.4 Å². The standard InChI is InChI=1S/C19H23N7O3/c1-11-4-6-13(7-5-11)24-8-12(2)9-25-15-16(21-18(24)25)23(3)19(29)26(17(15)28)10-14(27)22-20/h4-7,12H,8-10,20H2,1-3H3,(H,22,27)/t12-/m0/s1. The van der Waals surface area contributed by atoms with Crippen LogP contribution >= 0.6 is 0 Å². The second-order valence-corrected chi connectivity index (χ2v) is 7.55. The number of amides is 1. The maximum absolute atomic E-state index is 13.1. The van der Waals surface area contributed by atoms with E-state index < -0.39 is 23.7 Å². The predicted octanol–water partition coefficient (Wildman–Crippen LogP) is -0.0172. The van der Waals surface area contributed by atoms with Crippen LogP contribution in [-0.4, -0.2) is 31.1 Å². The highest BCUT2D eigenvalue weighted by molar-refractivity contribution is 5.78. The van der Waals surface area contributed by atoms with E-state index in [0.717, 1.165) is 22.4 Å². The molecule has 1 atom stereocenters. The van der Waals surface area contributed by atoms with Crippen molar-refractivity contribution in [3.8, 4) is 0 Å². The Morgan fingerprint density at radius 3 is 2.59 bits per heavy atom. The zero-order chi connectivity index (χ0) is 20.9. The van der Waals surface area contributed by atoms with Gasteiger partial charge in [-0.05, 0) is 25.0 Å². The van der Waals surface area contributed by atoms with Crippen molar-refractivity contribution in [2.45, 2.75) is 26.9 Å². The van der Waals surface area contributed by atoms with Crippen molar-refractivity contribution >= 4 is 28.7 Å². The summed E-state index contributed by atoms with van der Waals surface area (Å²) in [7, 11) is 1.54. The number of hydrogen-bond donors (Lipinski definition) is 2. The highest BCUT2D eigenvalue weighted by Crippen LogP contribution is 2.32. The van der Waals surface area contributed by atoms with Gasteiger partial charge in [0.05, 0.1) is 0 Å². The summed E-state index contributed by atoms with van der Waals surface area (Å²) in [5.41, 5.74) is 3.50. The fraction of sp³-hybridized carbons (Fsp3) is 0.368. The Labute approximate surface area is 166 Å². The molecule has 3 N–H and O–H groups in total. The van der Waals surface area contributed by atoms with Crippen LogP contribution in [0.4, 0.5) is 11.6 Å². The number of anilines is 2. The Balaban J connectivity index is 1.97. The highest BCUT2D eigenvalue weighted by atomic mass is 16.2. The Morgan fingerprint density at radius 2 is 1.93 bits per heavy atom. The van der Waals surface area contributed by atoms with Gasteiger partial charge in [0.15, 0.2) is 11.2 Å². The summed E-state index contributed by atoms with van der Waals surface area (Å²) in [6.07, 6.45) is 0. The molecule has 3 heterocycles. The molecule has 0 aliphatic carbocycles. The lowest BCUT2D eigenvalue weighted by atomic mass is 10.1. The Hall–Kier alpha value is -3.40. The minimum atomic E-state index is -0.628. The van der Waals surface area contributed by atoms with Gasteiger partial charge in [-0.25, -0.2) is 15.2 Å². The molecular weight excluding hydrogens is 374 g/mol. The fourth-order valence-electron chi connectivity index (χ4n) is 3.78. The number of nitrogens with one attached hydrogen (secondary N) is 1. The van der Waals surface area contributed by atoms with Gasteiger partial charge in [0.1, 0.15) is 6.54 Å². The van der Waals surface area contributed by atoms with Gasteiger partial charge in [0.2, 0.25) is 5.95 Å². The number of carbonyl (C=O) groups excluding carboxylic acids is 1. The van der Waals surface area contributed by atoms with Crippen LogP contribution in [-0.2, 0) is 24.9 Å². The van der Waals surface area contributed by atoms with Gasteiger partial charge in [-0.1, -0.05) is 24.6 Å². The minimum Gasteiger partial charge on any atom is -0.312 e. The number of imidazole rings is 1. The molecule has 0 spiro atoms. The predicted molar refractivity (Wildman–Crippen MR) is 109 cm³/mol. The number of benzene rings is 1. The molecule has 152 valence electrons. The van der Waals surface area contributed by atoms with Crippen LogP contribution in [0.15, 0.2) is 33.9 Å². The van der Waals surface area contributed by atoms with Crippen molar-refractivity contribution in [1.82, 2.24) is 24.1 Å². The molecule has 0 fully saturated rings. The zero-order valence-electron chi connectivity index (χ0n) is 16.5. The van der Waals surface area contributed by atoms with E-state index in [1.165, 1.54) is 4.57 Å². The summed E-state index contributed by atoms with van der Waals surface area (Å²) in [6, 6.07) is 8.07. The number of aryl methyl sites for hydroxylation is 2. The van der Waals surface area contributed by atoms with Crippen LogP contribution in [0.25, 0.3) is 11.2 Å². The minimum absolute atomic E-state index is 0.249. The highest BCUT2D eigenvalue weighted by Gasteiger charge is 2.30. The summed E-state index contributed by atoms with van der Waals surface area (Å²) in [5.74, 6) is 5.35. The Morgan fingerprint density at radius 1 is 1.24 bits per heavy atom. The molecular formula is C19H23N7O3. The number of nitrogens with two attached hydrogens (primary N) is 1. The first-order valence-corrected chi connectivity index (χ1v) is 9.35. The van der Waals surface area contributed by atoms with Crippen molar-refractivity contribution in [1.29, 1.82) is 0 Å². The first kappa shape index (κ1) is 18.9. The van der Waals surface area contributed by atoms with Crippen molar-refractivity contribution in [3.05, 3.63) is 50.7 Å². The van der Waals surface area contributed by atoms with Gasteiger partial charge in [0.25, 0.3) is 11.5 Å². The molecule has 10 nitrogen and oxygen atoms in total. The van der Waals surface area contributed by atoms with E-state index in [4.69, 9.17) is 5.84 Å². The van der Waals surface area contributed by atoms with E-state index in [1.54, 1.807) is 7.05 Å². The molecule has 0 bridgehead atoms. The quantitative estimate of drug-likeness (QED) is 0.364. The third-order valence-electron chi connectivity index (χ3n) is 5.25. The monoisotopic (exact) mass is 397 g/mol. The first-order chi connectivity index (χ1) is 13.8. The lowest BCUT2D eigenvalue weighted by molar-refractivity contribution is -0.121. The van der Waals surface area contributed by atoms with Crippen molar-refractivity contribution < 1.29 is 4.79 Å². The molecule has 4 rings (SSSR count). The Bertz CT molecular complexity index is 1220. The molecule has 0 saturated carbocycles. The topological polar surface area (TPSA) is 120 Å². The van der Waals surface area contributed by atoms with Gasteiger partial charge in [0, 0.05) is 25.8 Å². The molecule has 1 amide bonds. The van der Waals surface area contributed by atoms with E-state index in [9.17, 15) is 14.4 Å². The number of hydrazine groups is 1. The van der Waals surface area contributed by atoms with E-state index in [2.05, 4.69) is 16.8 Å². The Kier molecular flexibility index (Phi) is 4.50. The molecule has 0 saturated heterocycles. The summed E-state index contributed by atoms with van der Waals surface area (Å²) >= 11 is 0. The summed E-state index contributed by atoms with van der Waals surface area (Å²) in [5, 5.41) is 0.